The number of rotatable bonds is 3. The molecule has 0 atom stereocenters. The van der Waals surface area contributed by atoms with Crippen LogP contribution in [0.5, 0.6) is 0 Å². The molecule has 1 aromatic heterocycles. The van der Waals surface area contributed by atoms with Gasteiger partial charge in [0.1, 0.15) is 0 Å². The zero-order chi connectivity index (χ0) is 15.7. The Morgan fingerprint density at radius 3 is 2.33 bits per heavy atom. The SMILES string of the molecule is CCC1(C(=O)O)CCN(c2ccc(C(F)(F)F)nn2)CC1. The van der Waals surface area contributed by atoms with Crippen molar-refractivity contribution in [3.63, 3.8) is 0 Å². The Labute approximate surface area is 119 Å². The maximum atomic E-state index is 12.4. The molecule has 0 radical (unpaired) electrons. The summed E-state index contributed by atoms with van der Waals surface area (Å²) >= 11 is 0. The van der Waals surface area contributed by atoms with Gasteiger partial charge in [-0.1, -0.05) is 6.92 Å². The van der Waals surface area contributed by atoms with E-state index < -0.39 is 23.3 Å². The summed E-state index contributed by atoms with van der Waals surface area (Å²) in [7, 11) is 0. The highest BCUT2D eigenvalue weighted by molar-refractivity contribution is 5.75. The van der Waals surface area contributed by atoms with E-state index in [-0.39, 0.29) is 0 Å². The normalized spacial score (nSPS) is 18.6. The molecular weight excluding hydrogens is 287 g/mol. The van der Waals surface area contributed by atoms with E-state index in [4.69, 9.17) is 0 Å². The molecule has 1 N–H and O–H groups in total. The van der Waals surface area contributed by atoms with E-state index in [1.54, 1.807) is 4.90 Å². The third kappa shape index (κ3) is 3.08. The average molecular weight is 303 g/mol. The predicted octanol–water partition coefficient (Wildman–Crippen LogP) is 2.58. The Morgan fingerprint density at radius 2 is 1.95 bits per heavy atom. The van der Waals surface area contributed by atoms with Crippen LogP contribution in [-0.2, 0) is 11.0 Å². The quantitative estimate of drug-likeness (QED) is 0.929. The van der Waals surface area contributed by atoms with Crippen molar-refractivity contribution in [3.8, 4) is 0 Å². The molecule has 1 fully saturated rings. The summed E-state index contributed by atoms with van der Waals surface area (Å²) in [5, 5.41) is 16.1. The summed E-state index contributed by atoms with van der Waals surface area (Å²) in [6.45, 7) is 2.72. The fourth-order valence-electron chi connectivity index (χ4n) is 2.53. The highest BCUT2D eigenvalue weighted by Crippen LogP contribution is 2.36. The molecule has 2 heterocycles. The van der Waals surface area contributed by atoms with Crippen molar-refractivity contribution in [1.29, 1.82) is 0 Å². The van der Waals surface area contributed by atoms with Crippen LogP contribution in [0.15, 0.2) is 12.1 Å². The fourth-order valence-corrected chi connectivity index (χ4v) is 2.53. The summed E-state index contributed by atoms with van der Waals surface area (Å²) in [6, 6.07) is 2.16. The summed E-state index contributed by atoms with van der Waals surface area (Å²) in [5.41, 5.74) is -1.77. The second-order valence-electron chi connectivity index (χ2n) is 5.20. The molecule has 5 nitrogen and oxygen atoms in total. The van der Waals surface area contributed by atoms with Gasteiger partial charge >= 0.3 is 12.1 Å². The zero-order valence-electron chi connectivity index (χ0n) is 11.5. The number of hydrogen-bond donors (Lipinski definition) is 1. The molecular formula is C13H16F3N3O2. The molecule has 0 saturated carbocycles. The number of piperidine rings is 1. The Hall–Kier alpha value is -1.86. The van der Waals surface area contributed by atoms with Crippen molar-refractivity contribution in [3.05, 3.63) is 17.8 Å². The van der Waals surface area contributed by atoms with Crippen molar-refractivity contribution >= 4 is 11.8 Å². The van der Waals surface area contributed by atoms with Crippen LogP contribution >= 0.6 is 0 Å². The van der Waals surface area contributed by atoms with E-state index >= 15 is 0 Å². The number of aliphatic carboxylic acids is 1. The Kier molecular flexibility index (Phi) is 4.06. The second kappa shape index (κ2) is 5.50. The molecule has 1 saturated heterocycles. The second-order valence-corrected chi connectivity index (χ2v) is 5.20. The molecule has 1 aliphatic heterocycles. The lowest BCUT2D eigenvalue weighted by Crippen LogP contribution is -2.44. The van der Waals surface area contributed by atoms with Gasteiger partial charge in [0.2, 0.25) is 0 Å². The maximum Gasteiger partial charge on any atom is 0.435 e. The number of carboxylic acid groups (broad SMARTS) is 1. The molecule has 0 aromatic carbocycles. The molecule has 116 valence electrons. The first kappa shape index (κ1) is 15.5. The molecule has 0 bridgehead atoms. The maximum absolute atomic E-state index is 12.4. The van der Waals surface area contributed by atoms with Crippen LogP contribution in [0.25, 0.3) is 0 Å². The molecule has 0 aliphatic carbocycles. The van der Waals surface area contributed by atoms with Gasteiger partial charge in [0.15, 0.2) is 11.5 Å². The first-order valence-corrected chi connectivity index (χ1v) is 6.68. The third-order valence-electron chi connectivity index (χ3n) is 4.12. The molecule has 21 heavy (non-hydrogen) atoms. The van der Waals surface area contributed by atoms with E-state index in [9.17, 15) is 23.1 Å². The molecule has 8 heteroatoms. The Bertz CT molecular complexity index is 508. The van der Waals surface area contributed by atoms with Gasteiger partial charge in [0.25, 0.3) is 0 Å². The number of carboxylic acids is 1. The summed E-state index contributed by atoms with van der Waals surface area (Å²) < 4.78 is 37.3. The number of halogens is 3. The van der Waals surface area contributed by atoms with Crippen LogP contribution in [0.4, 0.5) is 19.0 Å². The van der Waals surface area contributed by atoms with E-state index in [2.05, 4.69) is 10.2 Å². The number of aromatic nitrogens is 2. The Balaban J connectivity index is 2.07. The molecule has 0 unspecified atom stereocenters. The van der Waals surface area contributed by atoms with E-state index in [0.717, 1.165) is 6.07 Å². The smallest absolute Gasteiger partial charge is 0.435 e. The number of alkyl halides is 3. The van der Waals surface area contributed by atoms with Crippen molar-refractivity contribution in [1.82, 2.24) is 10.2 Å². The minimum atomic E-state index is -4.51. The number of nitrogens with zero attached hydrogens (tertiary/aromatic N) is 3. The first-order chi connectivity index (χ1) is 9.78. The van der Waals surface area contributed by atoms with Crippen LogP contribution in [0.3, 0.4) is 0 Å². The average Bonchev–Trinajstić information content (AvgIpc) is 2.46. The van der Waals surface area contributed by atoms with Crippen molar-refractivity contribution in [2.75, 3.05) is 18.0 Å². The molecule has 2 rings (SSSR count). The van der Waals surface area contributed by atoms with Gasteiger partial charge in [0, 0.05) is 13.1 Å². The number of hydrogen-bond acceptors (Lipinski definition) is 4. The topological polar surface area (TPSA) is 66.3 Å². The summed E-state index contributed by atoms with van der Waals surface area (Å²) in [5.74, 6) is -0.471. The van der Waals surface area contributed by atoms with Gasteiger partial charge in [-0.3, -0.25) is 4.79 Å². The monoisotopic (exact) mass is 303 g/mol. The van der Waals surface area contributed by atoms with Crippen LogP contribution < -0.4 is 4.90 Å². The van der Waals surface area contributed by atoms with Crippen molar-refractivity contribution in [2.24, 2.45) is 5.41 Å². The van der Waals surface area contributed by atoms with Gasteiger partial charge in [0.05, 0.1) is 5.41 Å². The van der Waals surface area contributed by atoms with E-state index in [1.165, 1.54) is 6.07 Å². The van der Waals surface area contributed by atoms with Gasteiger partial charge in [-0.15, -0.1) is 10.2 Å². The lowest BCUT2D eigenvalue weighted by atomic mass is 9.76. The van der Waals surface area contributed by atoms with Gasteiger partial charge in [-0.2, -0.15) is 13.2 Å². The molecule has 1 aromatic rings. The van der Waals surface area contributed by atoms with Crippen molar-refractivity contribution < 1.29 is 23.1 Å². The zero-order valence-corrected chi connectivity index (χ0v) is 11.5. The minimum Gasteiger partial charge on any atom is -0.481 e. The van der Waals surface area contributed by atoms with Crippen LogP contribution in [0.2, 0.25) is 0 Å². The predicted molar refractivity (Wildman–Crippen MR) is 68.8 cm³/mol. The highest BCUT2D eigenvalue weighted by Gasteiger charge is 2.40. The number of carbonyl (C=O) groups is 1. The van der Waals surface area contributed by atoms with E-state index in [0.29, 0.717) is 38.2 Å². The summed E-state index contributed by atoms with van der Waals surface area (Å²) in [4.78, 5) is 13.1. The molecule has 0 spiro atoms. The first-order valence-electron chi connectivity index (χ1n) is 6.68. The standard InChI is InChI=1S/C13H16F3N3O2/c1-2-12(11(20)21)5-7-19(8-6-12)10-4-3-9(17-18-10)13(14,15)16/h3-4H,2,5-8H2,1H3,(H,20,21). The van der Waals surface area contributed by atoms with Crippen LogP contribution in [0, 0.1) is 5.41 Å². The van der Waals surface area contributed by atoms with Gasteiger partial charge in [-0.05, 0) is 31.4 Å². The third-order valence-corrected chi connectivity index (χ3v) is 4.12. The fraction of sp³-hybridized carbons (Fsp3) is 0.615. The van der Waals surface area contributed by atoms with Crippen LogP contribution in [0.1, 0.15) is 31.9 Å². The minimum absolute atomic E-state index is 0.345. The molecule has 0 amide bonds. The summed E-state index contributed by atoms with van der Waals surface area (Å²) in [6.07, 6.45) is -3.08. The van der Waals surface area contributed by atoms with Crippen LogP contribution in [-0.4, -0.2) is 34.4 Å². The largest absolute Gasteiger partial charge is 0.481 e. The Morgan fingerprint density at radius 1 is 1.33 bits per heavy atom. The van der Waals surface area contributed by atoms with Crippen molar-refractivity contribution in [2.45, 2.75) is 32.4 Å². The lowest BCUT2D eigenvalue weighted by Gasteiger charge is -2.38. The van der Waals surface area contributed by atoms with E-state index in [1.807, 2.05) is 6.92 Å². The molecule has 1 aliphatic rings. The number of anilines is 1. The van der Waals surface area contributed by atoms with Gasteiger partial charge < -0.3 is 10.0 Å². The van der Waals surface area contributed by atoms with Gasteiger partial charge in [-0.25, -0.2) is 0 Å². The lowest BCUT2D eigenvalue weighted by molar-refractivity contribution is -0.150. The highest BCUT2D eigenvalue weighted by atomic mass is 19.4.